The van der Waals surface area contributed by atoms with E-state index in [1.54, 1.807) is 0 Å². The number of hydrogen-bond donors (Lipinski definition) is 2. The average molecular weight is 227 g/mol. The molecule has 2 rings (SSSR count). The molecule has 4 nitrogen and oxygen atoms in total. The summed E-state index contributed by atoms with van der Waals surface area (Å²) in [6, 6.07) is 0. The molecular formula is C10H17N3OS. The van der Waals surface area contributed by atoms with Gasteiger partial charge in [-0.05, 0) is 31.6 Å². The number of rotatable bonds is 3. The van der Waals surface area contributed by atoms with Crippen molar-refractivity contribution in [3.63, 3.8) is 0 Å². The van der Waals surface area contributed by atoms with Crippen LogP contribution in [0.1, 0.15) is 32.6 Å². The Morgan fingerprint density at radius 3 is 2.93 bits per heavy atom. The maximum Gasteiger partial charge on any atom is 0.202 e. The smallest absolute Gasteiger partial charge is 0.202 e. The SMILES string of the molecule is CC1CCC(O)(CNc2ncns2)CC1. The standard InChI is InChI=1S/C10H17N3OS/c1-8-2-4-10(14,5-3-8)6-11-9-12-7-13-15-9/h7-8,14H,2-6H2,1H3,(H,11,12,13). The minimum Gasteiger partial charge on any atom is -0.388 e. The molecule has 1 aromatic heterocycles. The van der Waals surface area contributed by atoms with Gasteiger partial charge in [-0.15, -0.1) is 0 Å². The molecule has 0 spiro atoms. The topological polar surface area (TPSA) is 58.0 Å². The molecule has 0 saturated heterocycles. The summed E-state index contributed by atoms with van der Waals surface area (Å²) in [6.45, 7) is 2.84. The number of aliphatic hydroxyl groups is 1. The number of aromatic nitrogens is 2. The molecule has 0 radical (unpaired) electrons. The van der Waals surface area contributed by atoms with Crippen LogP contribution < -0.4 is 5.32 Å². The molecule has 1 aliphatic rings. The lowest BCUT2D eigenvalue weighted by Gasteiger charge is -2.34. The lowest BCUT2D eigenvalue weighted by molar-refractivity contribution is 0.00501. The fourth-order valence-electron chi connectivity index (χ4n) is 1.97. The fourth-order valence-corrected chi connectivity index (χ4v) is 2.39. The molecule has 0 bridgehead atoms. The van der Waals surface area contributed by atoms with Gasteiger partial charge in [-0.25, -0.2) is 4.98 Å². The molecule has 0 amide bonds. The maximum absolute atomic E-state index is 10.3. The molecule has 15 heavy (non-hydrogen) atoms. The monoisotopic (exact) mass is 227 g/mol. The lowest BCUT2D eigenvalue weighted by atomic mass is 9.79. The van der Waals surface area contributed by atoms with Gasteiger partial charge in [0.2, 0.25) is 5.13 Å². The van der Waals surface area contributed by atoms with Crippen molar-refractivity contribution in [3.05, 3.63) is 6.33 Å². The van der Waals surface area contributed by atoms with E-state index < -0.39 is 5.60 Å². The van der Waals surface area contributed by atoms with Crippen molar-refractivity contribution < 1.29 is 5.11 Å². The molecule has 1 aliphatic carbocycles. The van der Waals surface area contributed by atoms with Crippen LogP contribution in [0, 0.1) is 5.92 Å². The Balaban J connectivity index is 1.83. The first-order valence-electron chi connectivity index (χ1n) is 5.41. The van der Waals surface area contributed by atoms with Crippen LogP contribution in [0.4, 0.5) is 5.13 Å². The van der Waals surface area contributed by atoms with Crippen LogP contribution in [0.25, 0.3) is 0 Å². The first kappa shape index (κ1) is 10.8. The molecule has 0 aliphatic heterocycles. The summed E-state index contributed by atoms with van der Waals surface area (Å²) in [5.74, 6) is 0.756. The van der Waals surface area contributed by atoms with E-state index in [0.717, 1.165) is 36.7 Å². The van der Waals surface area contributed by atoms with Crippen LogP contribution in [-0.4, -0.2) is 26.6 Å². The van der Waals surface area contributed by atoms with Crippen LogP contribution in [0.5, 0.6) is 0 Å². The molecule has 5 heteroatoms. The Bertz CT molecular complexity index is 294. The van der Waals surface area contributed by atoms with Gasteiger partial charge in [0.05, 0.1) is 5.60 Å². The zero-order valence-electron chi connectivity index (χ0n) is 8.94. The molecular weight excluding hydrogens is 210 g/mol. The van der Waals surface area contributed by atoms with E-state index in [9.17, 15) is 5.11 Å². The second-order valence-corrected chi connectivity index (χ2v) is 5.29. The number of hydrogen-bond acceptors (Lipinski definition) is 5. The van der Waals surface area contributed by atoms with Gasteiger partial charge < -0.3 is 10.4 Å². The summed E-state index contributed by atoms with van der Waals surface area (Å²) >= 11 is 1.33. The highest BCUT2D eigenvalue weighted by atomic mass is 32.1. The average Bonchev–Trinajstić information content (AvgIpc) is 2.73. The highest BCUT2D eigenvalue weighted by Gasteiger charge is 2.31. The predicted octanol–water partition coefficient (Wildman–Crippen LogP) is 1.89. The van der Waals surface area contributed by atoms with Crippen molar-refractivity contribution >= 4 is 16.7 Å². The van der Waals surface area contributed by atoms with Crippen LogP contribution in [-0.2, 0) is 0 Å². The Kier molecular flexibility index (Phi) is 3.21. The second-order valence-electron chi connectivity index (χ2n) is 4.51. The zero-order chi connectivity index (χ0) is 10.7. The number of nitrogens with zero attached hydrogens (tertiary/aromatic N) is 2. The van der Waals surface area contributed by atoms with Crippen molar-refractivity contribution in [1.82, 2.24) is 9.36 Å². The summed E-state index contributed by atoms with van der Waals surface area (Å²) in [4.78, 5) is 4.03. The largest absolute Gasteiger partial charge is 0.388 e. The van der Waals surface area contributed by atoms with Gasteiger partial charge in [-0.1, -0.05) is 6.92 Å². The Labute approximate surface area is 93.9 Å². The third-order valence-electron chi connectivity index (χ3n) is 3.13. The molecule has 1 saturated carbocycles. The quantitative estimate of drug-likeness (QED) is 0.828. The normalized spacial score (nSPS) is 31.5. The molecule has 0 unspecified atom stereocenters. The number of nitrogens with one attached hydrogen (secondary N) is 1. The van der Waals surface area contributed by atoms with Gasteiger partial charge in [0, 0.05) is 18.1 Å². The van der Waals surface area contributed by atoms with Gasteiger partial charge in [0.25, 0.3) is 0 Å². The number of anilines is 1. The summed E-state index contributed by atoms with van der Waals surface area (Å²) < 4.78 is 3.91. The van der Waals surface area contributed by atoms with Crippen molar-refractivity contribution in [2.75, 3.05) is 11.9 Å². The molecule has 0 aromatic carbocycles. The zero-order valence-corrected chi connectivity index (χ0v) is 9.76. The summed E-state index contributed by atoms with van der Waals surface area (Å²) in [7, 11) is 0. The first-order valence-corrected chi connectivity index (χ1v) is 6.18. The van der Waals surface area contributed by atoms with Crippen LogP contribution in [0.2, 0.25) is 0 Å². The Morgan fingerprint density at radius 1 is 1.60 bits per heavy atom. The molecule has 0 atom stereocenters. The Hall–Kier alpha value is -0.680. The maximum atomic E-state index is 10.3. The van der Waals surface area contributed by atoms with Crippen LogP contribution >= 0.6 is 11.5 Å². The summed E-state index contributed by atoms with van der Waals surface area (Å²) in [6.07, 6.45) is 5.54. The van der Waals surface area contributed by atoms with Gasteiger partial charge in [-0.3, -0.25) is 0 Å². The van der Waals surface area contributed by atoms with Crippen molar-refractivity contribution in [3.8, 4) is 0 Å². The van der Waals surface area contributed by atoms with Crippen molar-refractivity contribution in [1.29, 1.82) is 0 Å². The van der Waals surface area contributed by atoms with E-state index in [1.165, 1.54) is 17.9 Å². The van der Waals surface area contributed by atoms with Gasteiger partial charge in [0.15, 0.2) is 0 Å². The van der Waals surface area contributed by atoms with E-state index in [2.05, 4.69) is 21.6 Å². The van der Waals surface area contributed by atoms with E-state index in [1.807, 2.05) is 0 Å². The van der Waals surface area contributed by atoms with Crippen molar-refractivity contribution in [2.45, 2.75) is 38.2 Å². The molecule has 1 aromatic rings. The Morgan fingerprint density at radius 2 is 2.33 bits per heavy atom. The molecule has 1 fully saturated rings. The minimum absolute atomic E-state index is 0.543. The molecule has 2 N–H and O–H groups in total. The van der Waals surface area contributed by atoms with E-state index >= 15 is 0 Å². The van der Waals surface area contributed by atoms with Crippen LogP contribution in [0.15, 0.2) is 6.33 Å². The molecule has 84 valence electrons. The van der Waals surface area contributed by atoms with E-state index in [0.29, 0.717) is 6.54 Å². The van der Waals surface area contributed by atoms with Gasteiger partial charge in [0.1, 0.15) is 6.33 Å². The molecule has 1 heterocycles. The van der Waals surface area contributed by atoms with E-state index in [4.69, 9.17) is 0 Å². The highest BCUT2D eigenvalue weighted by Crippen LogP contribution is 2.31. The predicted molar refractivity (Wildman–Crippen MR) is 61.0 cm³/mol. The van der Waals surface area contributed by atoms with Crippen molar-refractivity contribution in [2.24, 2.45) is 5.92 Å². The minimum atomic E-state index is -0.543. The second kappa shape index (κ2) is 4.45. The highest BCUT2D eigenvalue weighted by molar-refractivity contribution is 7.09. The van der Waals surface area contributed by atoms with Crippen LogP contribution in [0.3, 0.4) is 0 Å². The van der Waals surface area contributed by atoms with Gasteiger partial charge in [-0.2, -0.15) is 4.37 Å². The van der Waals surface area contributed by atoms with Gasteiger partial charge >= 0.3 is 0 Å². The third kappa shape index (κ3) is 2.89. The summed E-state index contributed by atoms with van der Waals surface area (Å²) in [5, 5.41) is 14.2. The third-order valence-corrected chi connectivity index (χ3v) is 3.76. The first-order chi connectivity index (χ1) is 7.18. The lowest BCUT2D eigenvalue weighted by Crippen LogP contribution is -2.40. The van der Waals surface area contributed by atoms with E-state index in [-0.39, 0.29) is 0 Å². The summed E-state index contributed by atoms with van der Waals surface area (Å²) in [5.41, 5.74) is -0.543. The fraction of sp³-hybridized carbons (Fsp3) is 0.800.